The summed E-state index contributed by atoms with van der Waals surface area (Å²) in [4.78, 5) is 22.6. The summed E-state index contributed by atoms with van der Waals surface area (Å²) in [6.07, 6.45) is 2.08. The Labute approximate surface area is 157 Å². The van der Waals surface area contributed by atoms with Crippen molar-refractivity contribution in [1.82, 2.24) is 0 Å². The Morgan fingerprint density at radius 2 is 1.79 bits per heavy atom. The summed E-state index contributed by atoms with van der Waals surface area (Å²) in [5.74, 6) is -2.14. The van der Waals surface area contributed by atoms with Gasteiger partial charge in [0.1, 0.15) is 0 Å². The lowest BCUT2D eigenvalue weighted by Gasteiger charge is -2.10. The van der Waals surface area contributed by atoms with Crippen LogP contribution >= 0.6 is 0 Å². The number of carbonyl (C=O) groups is 1. The predicted molar refractivity (Wildman–Crippen MR) is 92.6 cm³/mol. The van der Waals surface area contributed by atoms with Gasteiger partial charge in [0.15, 0.2) is 28.8 Å². The number of hydrogen-bond acceptors (Lipinski definition) is 6. The van der Waals surface area contributed by atoms with Crippen molar-refractivity contribution in [2.24, 2.45) is 0 Å². The summed E-state index contributed by atoms with van der Waals surface area (Å²) in [5.41, 5.74) is -0.686. The lowest BCUT2D eigenvalue weighted by atomic mass is 10.1. The molecule has 2 rings (SSSR count). The van der Waals surface area contributed by atoms with Gasteiger partial charge in [-0.05, 0) is 36.4 Å². The molecule has 0 unspecified atom stereocenters. The number of methoxy groups -OCH3 is 2. The van der Waals surface area contributed by atoms with Crippen LogP contribution in [0.25, 0.3) is 6.08 Å². The molecule has 0 saturated carbocycles. The summed E-state index contributed by atoms with van der Waals surface area (Å²) in [5, 5.41) is 11.2. The van der Waals surface area contributed by atoms with Gasteiger partial charge in [-0.3, -0.25) is 14.9 Å². The lowest BCUT2D eigenvalue weighted by molar-refractivity contribution is -0.385. The molecule has 0 atom stereocenters. The summed E-state index contributed by atoms with van der Waals surface area (Å²) < 4.78 is 52.5. The van der Waals surface area contributed by atoms with Gasteiger partial charge in [0.25, 0.3) is 5.69 Å². The van der Waals surface area contributed by atoms with E-state index in [1.807, 2.05) is 0 Å². The number of nitro benzene ring substituents is 1. The van der Waals surface area contributed by atoms with Crippen LogP contribution in [0, 0.1) is 15.9 Å². The quantitative estimate of drug-likeness (QED) is 0.286. The monoisotopic (exact) mass is 397 g/mol. The Morgan fingerprint density at radius 3 is 2.32 bits per heavy atom. The van der Waals surface area contributed by atoms with E-state index in [1.54, 1.807) is 0 Å². The zero-order valence-corrected chi connectivity index (χ0v) is 14.6. The third-order valence-electron chi connectivity index (χ3n) is 3.58. The fourth-order valence-electron chi connectivity index (χ4n) is 2.29. The Hall–Kier alpha value is -3.56. The molecule has 0 saturated heterocycles. The molecule has 2 aromatic carbocycles. The minimum absolute atomic E-state index is 0.0122. The number of benzene rings is 2. The highest BCUT2D eigenvalue weighted by atomic mass is 19.3. The topological polar surface area (TPSA) is 87.9 Å². The van der Waals surface area contributed by atoms with Gasteiger partial charge in [0.2, 0.25) is 0 Å². The van der Waals surface area contributed by atoms with E-state index in [-0.39, 0.29) is 22.6 Å². The van der Waals surface area contributed by atoms with Crippen molar-refractivity contribution in [1.29, 1.82) is 0 Å². The van der Waals surface area contributed by atoms with Crippen molar-refractivity contribution in [3.63, 3.8) is 0 Å². The SMILES string of the molecule is COc1ccc(C(=O)/C=C/c2cc(OC)c(OC(F)F)cc2[N+](=O)[O-])cc1F. The van der Waals surface area contributed by atoms with Gasteiger partial charge in [-0.25, -0.2) is 4.39 Å². The second kappa shape index (κ2) is 8.89. The number of rotatable bonds is 8. The molecular weight excluding hydrogens is 383 g/mol. The first kappa shape index (κ1) is 20.7. The van der Waals surface area contributed by atoms with Crippen molar-refractivity contribution in [2.45, 2.75) is 6.61 Å². The minimum Gasteiger partial charge on any atom is -0.494 e. The van der Waals surface area contributed by atoms with Crippen LogP contribution in [0.3, 0.4) is 0 Å². The molecular formula is C18H14F3NO6. The molecule has 0 aliphatic carbocycles. The highest BCUT2D eigenvalue weighted by Crippen LogP contribution is 2.36. The van der Waals surface area contributed by atoms with Crippen molar-refractivity contribution >= 4 is 17.5 Å². The second-order valence-electron chi connectivity index (χ2n) is 5.24. The first-order valence-electron chi connectivity index (χ1n) is 7.64. The smallest absolute Gasteiger partial charge is 0.387 e. The molecule has 10 heteroatoms. The molecule has 28 heavy (non-hydrogen) atoms. The molecule has 0 N–H and O–H groups in total. The Bertz CT molecular complexity index is 930. The number of nitrogens with zero attached hydrogens (tertiary/aromatic N) is 1. The van der Waals surface area contributed by atoms with Crippen molar-refractivity contribution in [3.8, 4) is 17.2 Å². The van der Waals surface area contributed by atoms with Crippen molar-refractivity contribution < 1.29 is 37.1 Å². The van der Waals surface area contributed by atoms with E-state index in [0.29, 0.717) is 0 Å². The molecule has 0 heterocycles. The van der Waals surface area contributed by atoms with Gasteiger partial charge in [-0.2, -0.15) is 8.78 Å². The van der Waals surface area contributed by atoms with E-state index in [9.17, 15) is 28.1 Å². The summed E-state index contributed by atoms with van der Waals surface area (Å²) in [6, 6.07) is 5.39. The molecule has 0 fully saturated rings. The van der Waals surface area contributed by atoms with Crippen LogP contribution in [-0.2, 0) is 0 Å². The van der Waals surface area contributed by atoms with Crippen molar-refractivity contribution in [3.05, 3.63) is 63.5 Å². The number of ether oxygens (including phenoxy) is 3. The lowest BCUT2D eigenvalue weighted by Crippen LogP contribution is -2.05. The maximum Gasteiger partial charge on any atom is 0.387 e. The first-order valence-corrected chi connectivity index (χ1v) is 7.64. The Morgan fingerprint density at radius 1 is 1.11 bits per heavy atom. The largest absolute Gasteiger partial charge is 0.494 e. The summed E-state index contributed by atoms with van der Waals surface area (Å²) in [7, 11) is 2.44. The molecule has 2 aromatic rings. The van der Waals surface area contributed by atoms with E-state index >= 15 is 0 Å². The van der Waals surface area contributed by atoms with E-state index < -0.39 is 34.6 Å². The Kier molecular flexibility index (Phi) is 6.59. The average molecular weight is 397 g/mol. The highest BCUT2D eigenvalue weighted by molar-refractivity contribution is 6.07. The molecule has 0 amide bonds. The zero-order chi connectivity index (χ0) is 20.8. The van der Waals surface area contributed by atoms with Gasteiger partial charge in [-0.1, -0.05) is 0 Å². The number of carbonyl (C=O) groups excluding carboxylic acids is 1. The van der Waals surface area contributed by atoms with Crippen LogP contribution in [0.1, 0.15) is 15.9 Å². The maximum absolute atomic E-state index is 13.7. The molecule has 0 aromatic heterocycles. The number of alkyl halides is 2. The normalized spacial score (nSPS) is 10.9. The van der Waals surface area contributed by atoms with Crippen LogP contribution < -0.4 is 14.2 Å². The van der Waals surface area contributed by atoms with Crippen LogP contribution in [-0.4, -0.2) is 31.5 Å². The number of allylic oxidation sites excluding steroid dienone is 1. The zero-order valence-electron chi connectivity index (χ0n) is 14.6. The van der Waals surface area contributed by atoms with Gasteiger partial charge in [0, 0.05) is 5.56 Å². The predicted octanol–water partition coefficient (Wildman–Crippen LogP) is 4.25. The number of nitro groups is 1. The maximum atomic E-state index is 13.7. The second-order valence-corrected chi connectivity index (χ2v) is 5.24. The summed E-state index contributed by atoms with van der Waals surface area (Å²) >= 11 is 0. The highest BCUT2D eigenvalue weighted by Gasteiger charge is 2.20. The van der Waals surface area contributed by atoms with E-state index in [2.05, 4.69) is 4.74 Å². The molecule has 0 radical (unpaired) electrons. The molecule has 0 aliphatic heterocycles. The van der Waals surface area contributed by atoms with E-state index in [4.69, 9.17) is 9.47 Å². The van der Waals surface area contributed by atoms with Crippen LogP contribution in [0.5, 0.6) is 17.2 Å². The summed E-state index contributed by atoms with van der Waals surface area (Å²) in [6.45, 7) is -3.21. The Balaban J connectivity index is 2.39. The van der Waals surface area contributed by atoms with Crippen LogP contribution in [0.15, 0.2) is 36.4 Å². The first-order chi connectivity index (χ1) is 13.3. The number of halogens is 3. The standard InChI is InChI=1S/C18H14F3NO6/c1-26-15-6-4-11(7-12(15)19)14(23)5-3-10-8-16(27-2)17(28-18(20)21)9-13(10)22(24)25/h3-9,18H,1-2H3/b5-3+. The van der Waals surface area contributed by atoms with Crippen LogP contribution in [0.4, 0.5) is 18.9 Å². The molecule has 0 spiro atoms. The van der Waals surface area contributed by atoms with Gasteiger partial charge in [-0.15, -0.1) is 0 Å². The molecule has 0 bridgehead atoms. The van der Waals surface area contributed by atoms with Gasteiger partial charge >= 0.3 is 6.61 Å². The van der Waals surface area contributed by atoms with E-state index in [1.165, 1.54) is 19.2 Å². The third-order valence-corrected chi connectivity index (χ3v) is 3.58. The van der Waals surface area contributed by atoms with Crippen molar-refractivity contribution in [2.75, 3.05) is 14.2 Å². The van der Waals surface area contributed by atoms with Gasteiger partial charge < -0.3 is 14.2 Å². The number of ketones is 1. The fourth-order valence-corrected chi connectivity index (χ4v) is 2.29. The fraction of sp³-hybridized carbons (Fsp3) is 0.167. The molecule has 148 valence electrons. The number of hydrogen-bond donors (Lipinski definition) is 0. The average Bonchev–Trinajstić information content (AvgIpc) is 2.65. The molecule has 0 aliphatic rings. The van der Waals surface area contributed by atoms with Gasteiger partial charge in [0.05, 0.1) is 30.8 Å². The van der Waals surface area contributed by atoms with E-state index in [0.717, 1.165) is 37.5 Å². The molecule has 7 nitrogen and oxygen atoms in total. The minimum atomic E-state index is -3.21. The van der Waals surface area contributed by atoms with Crippen LogP contribution in [0.2, 0.25) is 0 Å². The third kappa shape index (κ3) is 4.78.